The van der Waals surface area contributed by atoms with E-state index in [2.05, 4.69) is 5.32 Å². The zero-order valence-corrected chi connectivity index (χ0v) is 20.3. The van der Waals surface area contributed by atoms with Gasteiger partial charge in [0.25, 0.3) is 0 Å². The fraction of sp³-hybridized carbons (Fsp3) is 0.276. The van der Waals surface area contributed by atoms with Crippen LogP contribution in [0, 0.1) is 0 Å². The molecule has 0 heterocycles. The van der Waals surface area contributed by atoms with Crippen LogP contribution in [0.5, 0.6) is 0 Å². The normalized spacial score (nSPS) is 13.4. The van der Waals surface area contributed by atoms with Gasteiger partial charge in [-0.3, -0.25) is 4.79 Å². The molecule has 35 heavy (non-hydrogen) atoms. The lowest BCUT2D eigenvalue weighted by atomic mass is 9.95. The van der Waals surface area contributed by atoms with E-state index >= 15 is 0 Å². The van der Waals surface area contributed by atoms with Crippen molar-refractivity contribution >= 4 is 17.8 Å². The van der Waals surface area contributed by atoms with Gasteiger partial charge in [-0.15, -0.1) is 0 Å². The second kappa shape index (κ2) is 9.74. The molecule has 0 bridgehead atoms. The molecular formula is C29H29NO5. The SMILES string of the molecule is COC(=O)[C@H](Cc1ccc(C(=O)OC(C)(C)C)cc1)NC(=O)C1c2ccccc2-c2ccccc21. The summed E-state index contributed by atoms with van der Waals surface area (Å²) in [5.41, 5.74) is 4.48. The van der Waals surface area contributed by atoms with Crippen LogP contribution in [0.3, 0.4) is 0 Å². The minimum Gasteiger partial charge on any atom is -0.467 e. The van der Waals surface area contributed by atoms with Crippen molar-refractivity contribution in [3.05, 3.63) is 95.1 Å². The largest absolute Gasteiger partial charge is 0.467 e. The molecule has 1 aliphatic carbocycles. The Bertz CT molecular complexity index is 1210. The van der Waals surface area contributed by atoms with Crippen molar-refractivity contribution in [3.63, 3.8) is 0 Å². The zero-order chi connectivity index (χ0) is 25.2. The van der Waals surface area contributed by atoms with Gasteiger partial charge >= 0.3 is 11.9 Å². The molecule has 3 aromatic carbocycles. The minimum atomic E-state index is -0.875. The molecule has 0 fully saturated rings. The minimum absolute atomic E-state index is 0.225. The molecule has 1 aliphatic rings. The summed E-state index contributed by atoms with van der Waals surface area (Å²) >= 11 is 0. The predicted octanol–water partition coefficient (Wildman–Crippen LogP) is 4.65. The smallest absolute Gasteiger partial charge is 0.338 e. The third kappa shape index (κ3) is 5.27. The highest BCUT2D eigenvalue weighted by Crippen LogP contribution is 2.44. The van der Waals surface area contributed by atoms with E-state index < -0.39 is 29.5 Å². The quantitative estimate of drug-likeness (QED) is 0.529. The highest BCUT2D eigenvalue weighted by molar-refractivity contribution is 5.98. The van der Waals surface area contributed by atoms with Gasteiger partial charge in [0.05, 0.1) is 18.6 Å². The number of esters is 2. The average Bonchev–Trinajstić information content (AvgIpc) is 3.17. The van der Waals surface area contributed by atoms with Gasteiger partial charge in [0.1, 0.15) is 11.6 Å². The highest BCUT2D eigenvalue weighted by atomic mass is 16.6. The van der Waals surface area contributed by atoms with Crippen molar-refractivity contribution in [1.29, 1.82) is 0 Å². The first kappa shape index (κ1) is 24.2. The Labute approximate surface area is 205 Å². The number of carbonyl (C=O) groups is 3. The first-order chi connectivity index (χ1) is 16.7. The molecule has 0 aromatic heterocycles. The van der Waals surface area contributed by atoms with Crippen molar-refractivity contribution in [2.75, 3.05) is 7.11 Å². The first-order valence-electron chi connectivity index (χ1n) is 11.6. The maximum atomic E-state index is 13.5. The molecule has 0 radical (unpaired) electrons. The second-order valence-electron chi connectivity index (χ2n) is 9.59. The lowest BCUT2D eigenvalue weighted by molar-refractivity contribution is -0.145. The summed E-state index contributed by atoms with van der Waals surface area (Å²) in [5.74, 6) is -1.72. The summed E-state index contributed by atoms with van der Waals surface area (Å²) in [7, 11) is 1.30. The van der Waals surface area contributed by atoms with Crippen molar-refractivity contribution < 1.29 is 23.9 Å². The third-order valence-corrected chi connectivity index (χ3v) is 5.93. The van der Waals surface area contributed by atoms with Gasteiger partial charge in [0.15, 0.2) is 0 Å². The predicted molar refractivity (Wildman–Crippen MR) is 133 cm³/mol. The van der Waals surface area contributed by atoms with Crippen LogP contribution in [0.15, 0.2) is 72.8 Å². The van der Waals surface area contributed by atoms with Gasteiger partial charge in [-0.2, -0.15) is 0 Å². The molecule has 6 heteroatoms. The monoisotopic (exact) mass is 471 g/mol. The summed E-state index contributed by atoms with van der Waals surface area (Å²) in [6.45, 7) is 5.43. The maximum Gasteiger partial charge on any atom is 0.338 e. The summed E-state index contributed by atoms with van der Waals surface area (Å²) < 4.78 is 10.4. The molecule has 0 saturated carbocycles. The van der Waals surface area contributed by atoms with Gasteiger partial charge in [0, 0.05) is 6.42 Å². The van der Waals surface area contributed by atoms with E-state index in [9.17, 15) is 14.4 Å². The van der Waals surface area contributed by atoms with E-state index in [4.69, 9.17) is 9.47 Å². The highest BCUT2D eigenvalue weighted by Gasteiger charge is 2.35. The topological polar surface area (TPSA) is 81.7 Å². The van der Waals surface area contributed by atoms with E-state index in [1.807, 2.05) is 69.3 Å². The molecule has 180 valence electrons. The Morgan fingerprint density at radius 3 is 1.91 bits per heavy atom. The number of nitrogens with one attached hydrogen (secondary N) is 1. The zero-order valence-electron chi connectivity index (χ0n) is 20.3. The van der Waals surface area contributed by atoms with Crippen molar-refractivity contribution in [2.45, 2.75) is 44.8 Å². The number of fused-ring (bicyclic) bond motifs is 3. The van der Waals surface area contributed by atoms with Gasteiger partial charge in [-0.25, -0.2) is 9.59 Å². The second-order valence-corrected chi connectivity index (χ2v) is 9.59. The number of amides is 1. The lowest BCUT2D eigenvalue weighted by Gasteiger charge is -2.21. The molecule has 0 spiro atoms. The summed E-state index contributed by atoms with van der Waals surface area (Å²) in [4.78, 5) is 38.4. The van der Waals surface area contributed by atoms with E-state index in [1.54, 1.807) is 24.3 Å². The molecule has 1 N–H and O–H groups in total. The molecule has 1 atom stereocenters. The fourth-order valence-electron chi connectivity index (χ4n) is 4.38. The van der Waals surface area contributed by atoms with E-state index in [0.717, 1.165) is 27.8 Å². The maximum absolute atomic E-state index is 13.5. The van der Waals surface area contributed by atoms with Crippen LogP contribution in [-0.4, -0.2) is 36.6 Å². The Hall–Kier alpha value is -3.93. The Morgan fingerprint density at radius 1 is 0.857 bits per heavy atom. The lowest BCUT2D eigenvalue weighted by Crippen LogP contribution is -2.45. The standard InChI is InChI=1S/C29H29NO5/c1-29(2,3)35-27(32)19-15-13-18(14-16-19)17-24(28(33)34-4)30-26(31)25-22-11-7-5-9-20(22)21-10-6-8-12-23(21)25/h5-16,24-25H,17H2,1-4H3,(H,30,31)/t24-/m0/s1. The number of carbonyl (C=O) groups excluding carboxylic acids is 3. The van der Waals surface area contributed by atoms with Gasteiger partial charge in [-0.1, -0.05) is 60.7 Å². The molecule has 0 aliphatic heterocycles. The average molecular weight is 472 g/mol. The first-order valence-corrected chi connectivity index (χ1v) is 11.6. The summed E-state index contributed by atoms with van der Waals surface area (Å²) in [6.07, 6.45) is 0.225. The number of ether oxygens (including phenoxy) is 2. The Balaban J connectivity index is 1.53. The molecule has 0 saturated heterocycles. The van der Waals surface area contributed by atoms with E-state index in [1.165, 1.54) is 7.11 Å². The Morgan fingerprint density at radius 2 is 1.40 bits per heavy atom. The van der Waals surface area contributed by atoms with Crippen LogP contribution in [0.4, 0.5) is 0 Å². The van der Waals surface area contributed by atoms with Gasteiger partial charge < -0.3 is 14.8 Å². The van der Waals surface area contributed by atoms with Crippen LogP contribution in [-0.2, 0) is 25.5 Å². The molecule has 1 amide bonds. The summed E-state index contributed by atoms with van der Waals surface area (Å²) in [6, 6.07) is 21.6. The fourth-order valence-corrected chi connectivity index (χ4v) is 4.38. The molecular weight excluding hydrogens is 442 g/mol. The number of hydrogen-bond acceptors (Lipinski definition) is 5. The van der Waals surface area contributed by atoms with Crippen LogP contribution < -0.4 is 5.32 Å². The number of benzene rings is 3. The van der Waals surface area contributed by atoms with Crippen LogP contribution >= 0.6 is 0 Å². The Kier molecular flexibility index (Phi) is 6.74. The van der Waals surface area contributed by atoms with Gasteiger partial charge in [0.2, 0.25) is 5.91 Å². The van der Waals surface area contributed by atoms with Crippen LogP contribution in [0.2, 0.25) is 0 Å². The number of rotatable bonds is 6. The molecule has 4 rings (SSSR count). The summed E-state index contributed by atoms with van der Waals surface area (Å²) in [5, 5.41) is 2.90. The van der Waals surface area contributed by atoms with Crippen molar-refractivity contribution in [1.82, 2.24) is 5.32 Å². The number of hydrogen-bond donors (Lipinski definition) is 1. The molecule has 3 aromatic rings. The van der Waals surface area contributed by atoms with Crippen LogP contribution in [0.1, 0.15) is 53.7 Å². The third-order valence-electron chi connectivity index (χ3n) is 5.93. The van der Waals surface area contributed by atoms with E-state index in [0.29, 0.717) is 5.56 Å². The van der Waals surface area contributed by atoms with Gasteiger partial charge in [-0.05, 0) is 60.7 Å². The molecule has 0 unspecified atom stereocenters. The van der Waals surface area contributed by atoms with Crippen LogP contribution in [0.25, 0.3) is 11.1 Å². The van der Waals surface area contributed by atoms with E-state index in [-0.39, 0.29) is 12.3 Å². The van der Waals surface area contributed by atoms with Crippen molar-refractivity contribution in [3.8, 4) is 11.1 Å². The number of methoxy groups -OCH3 is 1. The van der Waals surface area contributed by atoms with Crippen molar-refractivity contribution in [2.24, 2.45) is 0 Å². The molecule has 6 nitrogen and oxygen atoms in total.